The molecule has 0 saturated heterocycles. The molecule has 0 saturated carbocycles. The monoisotopic (exact) mass is 1070 g/mol. The smallest absolute Gasteiger partial charge is 0.305 e. The summed E-state index contributed by atoms with van der Waals surface area (Å²) >= 11 is 0. The number of carbonyl (C=O) groups is 2. The lowest BCUT2D eigenvalue weighted by atomic mass is 10.0. The van der Waals surface area contributed by atoms with Gasteiger partial charge >= 0.3 is 5.97 Å². The molecule has 0 aromatic rings. The van der Waals surface area contributed by atoms with Gasteiger partial charge in [-0.15, -0.1) is 0 Å². The quantitative estimate of drug-likeness (QED) is 0.0320. The van der Waals surface area contributed by atoms with Gasteiger partial charge in [0.25, 0.3) is 0 Å². The number of ether oxygens (including phenoxy) is 1. The number of hydrogen-bond acceptors (Lipinski definition) is 5. The van der Waals surface area contributed by atoms with Gasteiger partial charge in [-0.05, 0) is 32.1 Å². The second-order valence-electron chi connectivity index (χ2n) is 24.2. The van der Waals surface area contributed by atoms with E-state index in [2.05, 4.69) is 19.2 Å². The molecular formula is C70H137NO5. The molecule has 0 fully saturated rings. The third kappa shape index (κ3) is 61.8. The topological polar surface area (TPSA) is 95.9 Å². The van der Waals surface area contributed by atoms with Gasteiger partial charge in [0.15, 0.2) is 0 Å². The van der Waals surface area contributed by atoms with Crippen molar-refractivity contribution in [3.8, 4) is 0 Å². The molecule has 0 spiro atoms. The average molecular weight is 1070 g/mol. The maximum atomic E-state index is 12.4. The lowest BCUT2D eigenvalue weighted by molar-refractivity contribution is -0.143. The molecule has 6 nitrogen and oxygen atoms in total. The van der Waals surface area contributed by atoms with Gasteiger partial charge in [-0.2, -0.15) is 0 Å². The molecular weight excluding hydrogens is 935 g/mol. The minimum Gasteiger partial charge on any atom is -0.466 e. The summed E-state index contributed by atoms with van der Waals surface area (Å²) in [4.78, 5) is 24.5. The minimum atomic E-state index is -0.838. The maximum absolute atomic E-state index is 12.4. The summed E-state index contributed by atoms with van der Waals surface area (Å²) in [6.45, 7) is 4.92. The number of unbranched alkanes of at least 4 members (excludes halogenated alkanes) is 55. The van der Waals surface area contributed by atoms with Crippen LogP contribution in [0.1, 0.15) is 399 Å². The summed E-state index contributed by atoms with van der Waals surface area (Å²) in [7, 11) is 0. The number of carbonyl (C=O) groups excluding carboxylic acids is 2. The van der Waals surface area contributed by atoms with Gasteiger partial charge in [-0.1, -0.05) is 366 Å². The van der Waals surface area contributed by atoms with E-state index in [1.54, 1.807) is 6.08 Å². The van der Waals surface area contributed by atoms with Crippen molar-refractivity contribution in [1.82, 2.24) is 5.32 Å². The third-order valence-electron chi connectivity index (χ3n) is 16.6. The predicted octanol–water partition coefficient (Wildman–Crippen LogP) is 22.4. The number of allylic oxidation sites excluding steroid dienone is 1. The third-order valence-corrected chi connectivity index (χ3v) is 16.6. The molecule has 0 aromatic heterocycles. The fourth-order valence-corrected chi connectivity index (χ4v) is 11.2. The van der Waals surface area contributed by atoms with Crippen LogP contribution >= 0.6 is 0 Å². The highest BCUT2D eigenvalue weighted by atomic mass is 16.5. The van der Waals surface area contributed by atoms with Crippen molar-refractivity contribution >= 4 is 11.9 Å². The van der Waals surface area contributed by atoms with Crippen LogP contribution in [0.3, 0.4) is 0 Å². The number of aliphatic hydroxyl groups excluding tert-OH is 2. The zero-order valence-corrected chi connectivity index (χ0v) is 51.8. The molecule has 2 atom stereocenters. The van der Waals surface area contributed by atoms with E-state index in [1.165, 1.54) is 334 Å². The van der Waals surface area contributed by atoms with Gasteiger partial charge in [0.05, 0.1) is 25.4 Å². The number of hydrogen-bond donors (Lipinski definition) is 3. The lowest BCUT2D eigenvalue weighted by Crippen LogP contribution is -2.45. The SMILES string of the molecule is CCCCCCCCCC/C=C/C(O)C(CO)NC(=O)CCCCCCCCCCCCCCCCCCCCCCCCCCCCCCCCCCOC(=O)CCCCCCCCCCCCCCCCCCC. The molecule has 0 heterocycles. The van der Waals surface area contributed by atoms with Crippen LogP contribution in [0.25, 0.3) is 0 Å². The summed E-state index contributed by atoms with van der Waals surface area (Å²) < 4.78 is 5.51. The maximum Gasteiger partial charge on any atom is 0.305 e. The second-order valence-corrected chi connectivity index (χ2v) is 24.2. The Morgan fingerprint density at radius 3 is 0.895 bits per heavy atom. The highest BCUT2D eigenvalue weighted by molar-refractivity contribution is 5.76. The molecule has 0 aliphatic heterocycles. The van der Waals surface area contributed by atoms with Gasteiger partial charge in [0, 0.05) is 12.8 Å². The van der Waals surface area contributed by atoms with Gasteiger partial charge < -0.3 is 20.3 Å². The summed E-state index contributed by atoms with van der Waals surface area (Å²) in [6, 6.07) is -0.622. The van der Waals surface area contributed by atoms with Crippen molar-refractivity contribution in [2.45, 2.75) is 411 Å². The first-order valence-electron chi connectivity index (χ1n) is 35.0. The van der Waals surface area contributed by atoms with E-state index >= 15 is 0 Å². The highest BCUT2D eigenvalue weighted by Crippen LogP contribution is 2.19. The predicted molar refractivity (Wildman–Crippen MR) is 333 cm³/mol. The average Bonchev–Trinajstić information content (AvgIpc) is 3.42. The Labute approximate surface area is 476 Å². The first-order chi connectivity index (χ1) is 37.5. The van der Waals surface area contributed by atoms with E-state index in [0.717, 1.165) is 38.5 Å². The van der Waals surface area contributed by atoms with E-state index in [4.69, 9.17) is 4.74 Å². The number of aliphatic hydroxyl groups is 2. The van der Waals surface area contributed by atoms with Crippen LogP contribution in [0.2, 0.25) is 0 Å². The van der Waals surface area contributed by atoms with E-state index in [9.17, 15) is 19.8 Å². The first-order valence-corrected chi connectivity index (χ1v) is 35.0. The molecule has 0 aliphatic carbocycles. The zero-order valence-electron chi connectivity index (χ0n) is 51.8. The summed E-state index contributed by atoms with van der Waals surface area (Å²) in [5.41, 5.74) is 0. The standard InChI is InChI=1S/C70H137NO5/c1-3-5-7-9-11-13-15-16-17-34-38-41-44-48-52-56-60-64-70(75)76-65-61-57-53-49-45-42-39-36-33-31-29-27-25-23-21-19-18-20-22-24-26-28-30-32-35-37-40-43-47-51-55-59-63-69(74)71-67(66-72)68(73)62-58-54-50-46-14-12-10-8-6-4-2/h58,62,67-68,72-73H,3-57,59-61,63-66H2,1-2H3,(H,71,74)/b62-58+. The molecule has 0 aliphatic rings. The Morgan fingerprint density at radius 1 is 0.355 bits per heavy atom. The van der Waals surface area contributed by atoms with E-state index in [1.807, 2.05) is 6.08 Å². The molecule has 452 valence electrons. The highest BCUT2D eigenvalue weighted by Gasteiger charge is 2.18. The van der Waals surface area contributed by atoms with Crippen molar-refractivity contribution in [3.63, 3.8) is 0 Å². The Hall–Kier alpha value is -1.40. The Morgan fingerprint density at radius 2 is 0.605 bits per heavy atom. The van der Waals surface area contributed by atoms with E-state index in [-0.39, 0.29) is 18.5 Å². The summed E-state index contributed by atoms with van der Waals surface area (Å²) in [5.74, 6) is -0.0378. The number of nitrogens with one attached hydrogen (secondary N) is 1. The molecule has 2 unspecified atom stereocenters. The van der Waals surface area contributed by atoms with Crippen molar-refractivity contribution in [2.75, 3.05) is 13.2 Å². The fraction of sp³-hybridized carbons (Fsp3) is 0.943. The molecule has 0 bridgehead atoms. The first kappa shape index (κ1) is 74.6. The number of rotatable bonds is 66. The zero-order chi connectivity index (χ0) is 55.0. The van der Waals surface area contributed by atoms with Crippen LogP contribution < -0.4 is 5.32 Å². The minimum absolute atomic E-state index is 0.0256. The molecule has 6 heteroatoms. The van der Waals surface area contributed by atoms with Crippen molar-refractivity contribution < 1.29 is 24.5 Å². The normalized spacial score (nSPS) is 12.5. The lowest BCUT2D eigenvalue weighted by Gasteiger charge is -2.20. The van der Waals surface area contributed by atoms with Crippen LogP contribution in [0.5, 0.6) is 0 Å². The summed E-state index contributed by atoms with van der Waals surface area (Å²) in [5, 5.41) is 23.0. The molecule has 3 N–H and O–H groups in total. The van der Waals surface area contributed by atoms with Crippen LogP contribution in [0.15, 0.2) is 12.2 Å². The van der Waals surface area contributed by atoms with E-state index < -0.39 is 12.1 Å². The van der Waals surface area contributed by atoms with Crippen molar-refractivity contribution in [1.29, 1.82) is 0 Å². The fourth-order valence-electron chi connectivity index (χ4n) is 11.2. The van der Waals surface area contributed by atoms with E-state index in [0.29, 0.717) is 19.4 Å². The van der Waals surface area contributed by atoms with Gasteiger partial charge in [-0.3, -0.25) is 9.59 Å². The van der Waals surface area contributed by atoms with Crippen LogP contribution in [0.4, 0.5) is 0 Å². The second kappa shape index (κ2) is 66.1. The van der Waals surface area contributed by atoms with Crippen LogP contribution in [-0.2, 0) is 14.3 Å². The van der Waals surface area contributed by atoms with Crippen LogP contribution in [0, 0.1) is 0 Å². The largest absolute Gasteiger partial charge is 0.466 e. The van der Waals surface area contributed by atoms with Crippen LogP contribution in [-0.4, -0.2) is 47.4 Å². The molecule has 0 rings (SSSR count). The number of amides is 1. The number of esters is 1. The van der Waals surface area contributed by atoms with Gasteiger partial charge in [-0.25, -0.2) is 0 Å². The van der Waals surface area contributed by atoms with Gasteiger partial charge in [0.1, 0.15) is 0 Å². The molecule has 0 radical (unpaired) electrons. The van der Waals surface area contributed by atoms with Crippen molar-refractivity contribution in [3.05, 3.63) is 12.2 Å². The molecule has 76 heavy (non-hydrogen) atoms. The van der Waals surface area contributed by atoms with Crippen molar-refractivity contribution in [2.24, 2.45) is 0 Å². The Balaban J connectivity index is 3.28. The molecule has 0 aromatic carbocycles. The Bertz CT molecular complexity index is 1140. The van der Waals surface area contributed by atoms with Gasteiger partial charge in [0.2, 0.25) is 5.91 Å². The molecule has 1 amide bonds. The summed E-state index contributed by atoms with van der Waals surface area (Å²) in [6.07, 6.45) is 81.7. The Kier molecular flexibility index (Phi) is 64.9.